The number of carbonyl (C=O) groups excluding carboxylic acids is 1. The number of nitriles is 1. The molecule has 1 aromatic carbocycles. The van der Waals surface area contributed by atoms with Gasteiger partial charge in [0.1, 0.15) is 17.6 Å². The zero-order chi connectivity index (χ0) is 19.2. The van der Waals surface area contributed by atoms with E-state index < -0.39 is 5.82 Å². The topological polar surface area (TPSA) is 68.5 Å². The molecule has 5 nitrogen and oxygen atoms in total. The molecule has 2 aliphatic rings. The van der Waals surface area contributed by atoms with Gasteiger partial charge in [0.15, 0.2) is 6.29 Å². The highest BCUT2D eigenvalue weighted by atomic mass is 19.1. The second-order valence-corrected chi connectivity index (χ2v) is 7.11. The van der Waals surface area contributed by atoms with E-state index in [-0.39, 0.29) is 35.4 Å². The molecule has 1 saturated carbocycles. The Hall–Kier alpha value is -2.23. The summed E-state index contributed by atoms with van der Waals surface area (Å²) in [6.07, 6.45) is 6.97. The lowest BCUT2D eigenvalue weighted by Crippen LogP contribution is -2.39. The van der Waals surface area contributed by atoms with Crippen LogP contribution in [0.2, 0.25) is 0 Å². The molecule has 2 fully saturated rings. The van der Waals surface area contributed by atoms with Gasteiger partial charge < -0.3 is 14.2 Å². The predicted octanol–water partition coefficient (Wildman–Crippen LogP) is 3.97. The lowest BCUT2D eigenvalue weighted by Gasteiger charge is -2.36. The Balaban J connectivity index is 1.47. The van der Waals surface area contributed by atoms with Crippen molar-refractivity contribution < 1.29 is 23.4 Å². The molecule has 0 aromatic heterocycles. The van der Waals surface area contributed by atoms with Crippen LogP contribution in [0.5, 0.6) is 5.75 Å². The molecule has 6 heteroatoms. The van der Waals surface area contributed by atoms with E-state index in [0.29, 0.717) is 32.0 Å². The molecule has 1 aliphatic heterocycles. The summed E-state index contributed by atoms with van der Waals surface area (Å²) in [6, 6.07) is 5.57. The summed E-state index contributed by atoms with van der Waals surface area (Å²) in [6.45, 7) is 3.32. The third-order valence-electron chi connectivity index (χ3n) is 5.18. The van der Waals surface area contributed by atoms with Gasteiger partial charge >= 0.3 is 5.97 Å². The lowest BCUT2D eigenvalue weighted by molar-refractivity contribution is -0.223. The first kappa shape index (κ1) is 19.5. The molecule has 0 radical (unpaired) electrons. The number of halogens is 1. The zero-order valence-electron chi connectivity index (χ0n) is 15.4. The number of carbonyl (C=O) groups is 1. The molecule has 1 aromatic rings. The molecule has 0 unspecified atom stereocenters. The molecule has 1 saturated heterocycles. The van der Waals surface area contributed by atoms with E-state index in [0.717, 1.165) is 18.9 Å². The van der Waals surface area contributed by atoms with Crippen molar-refractivity contribution in [1.82, 2.24) is 0 Å². The van der Waals surface area contributed by atoms with Gasteiger partial charge in [-0.2, -0.15) is 5.26 Å². The van der Waals surface area contributed by atoms with Crippen molar-refractivity contribution in [3.8, 4) is 11.8 Å². The quantitative estimate of drug-likeness (QED) is 0.454. The highest BCUT2D eigenvalue weighted by molar-refractivity contribution is 5.75. The number of benzene rings is 1. The van der Waals surface area contributed by atoms with E-state index in [1.165, 1.54) is 12.1 Å². The molecule has 1 aliphatic carbocycles. The van der Waals surface area contributed by atoms with Gasteiger partial charge in [-0.1, -0.05) is 12.2 Å². The molecule has 0 atom stereocenters. The molecule has 0 N–H and O–H groups in total. The average Bonchev–Trinajstić information content (AvgIpc) is 2.69. The molecule has 27 heavy (non-hydrogen) atoms. The van der Waals surface area contributed by atoms with Crippen LogP contribution in [0.15, 0.2) is 30.4 Å². The van der Waals surface area contributed by atoms with Crippen LogP contribution in [0.3, 0.4) is 0 Å². The molecule has 1 heterocycles. The van der Waals surface area contributed by atoms with Crippen molar-refractivity contribution in [2.45, 2.75) is 38.9 Å². The van der Waals surface area contributed by atoms with Crippen LogP contribution in [-0.4, -0.2) is 25.5 Å². The summed E-state index contributed by atoms with van der Waals surface area (Å²) in [7, 11) is 0. The second kappa shape index (κ2) is 9.12. The number of rotatable bonds is 4. The average molecular weight is 373 g/mol. The Morgan fingerprint density at radius 3 is 2.56 bits per heavy atom. The Morgan fingerprint density at radius 1 is 1.26 bits per heavy atom. The van der Waals surface area contributed by atoms with E-state index in [2.05, 4.69) is 6.08 Å². The minimum Gasteiger partial charge on any atom is -0.426 e. The van der Waals surface area contributed by atoms with Crippen LogP contribution in [0.25, 0.3) is 0 Å². The fourth-order valence-electron chi connectivity index (χ4n) is 3.67. The predicted molar refractivity (Wildman–Crippen MR) is 96.2 cm³/mol. The zero-order valence-corrected chi connectivity index (χ0v) is 15.4. The lowest BCUT2D eigenvalue weighted by atomic mass is 9.81. The van der Waals surface area contributed by atoms with Gasteiger partial charge in [0, 0.05) is 17.9 Å². The van der Waals surface area contributed by atoms with E-state index in [1.54, 1.807) is 6.07 Å². The summed E-state index contributed by atoms with van der Waals surface area (Å²) in [5, 5.41) is 8.75. The summed E-state index contributed by atoms with van der Waals surface area (Å²) >= 11 is 0. The van der Waals surface area contributed by atoms with Crippen molar-refractivity contribution in [3.05, 3.63) is 41.7 Å². The maximum absolute atomic E-state index is 13.6. The van der Waals surface area contributed by atoms with Crippen molar-refractivity contribution in [1.29, 1.82) is 5.26 Å². The van der Waals surface area contributed by atoms with Crippen LogP contribution in [0.1, 0.15) is 38.2 Å². The Labute approximate surface area is 158 Å². The van der Waals surface area contributed by atoms with Crippen LogP contribution in [0.4, 0.5) is 4.39 Å². The number of nitrogens with zero attached hydrogens (tertiary/aromatic N) is 1. The van der Waals surface area contributed by atoms with E-state index in [4.69, 9.17) is 19.5 Å². The van der Waals surface area contributed by atoms with E-state index in [1.807, 2.05) is 13.0 Å². The summed E-state index contributed by atoms with van der Waals surface area (Å²) in [4.78, 5) is 12.4. The summed E-state index contributed by atoms with van der Waals surface area (Å²) < 4.78 is 30.6. The third kappa shape index (κ3) is 4.94. The largest absolute Gasteiger partial charge is 0.426 e. The van der Waals surface area contributed by atoms with Crippen molar-refractivity contribution >= 4 is 5.97 Å². The molecule has 3 rings (SSSR count). The fraction of sp³-hybridized carbons (Fsp3) is 0.524. The summed E-state index contributed by atoms with van der Waals surface area (Å²) in [5.41, 5.74) is -0.0699. The third-order valence-corrected chi connectivity index (χ3v) is 5.18. The van der Waals surface area contributed by atoms with Gasteiger partial charge in [-0.25, -0.2) is 4.39 Å². The first-order chi connectivity index (χ1) is 13.1. The molecule has 0 amide bonds. The number of hydrogen-bond acceptors (Lipinski definition) is 5. The van der Waals surface area contributed by atoms with Gasteiger partial charge in [-0.05, 0) is 44.7 Å². The van der Waals surface area contributed by atoms with E-state index >= 15 is 0 Å². The number of ether oxygens (including phenoxy) is 3. The van der Waals surface area contributed by atoms with Crippen LogP contribution in [0, 0.1) is 34.9 Å². The van der Waals surface area contributed by atoms with Crippen LogP contribution >= 0.6 is 0 Å². The van der Waals surface area contributed by atoms with Gasteiger partial charge in [0.25, 0.3) is 0 Å². The Morgan fingerprint density at radius 2 is 1.96 bits per heavy atom. The van der Waals surface area contributed by atoms with Gasteiger partial charge in [0.2, 0.25) is 0 Å². The standard InChI is InChI=1S/C21H24FNO4/c1-2-3-14-12-25-21(26-13-14)16-6-4-15(5-7-16)20(24)27-18-9-8-17(11-23)19(22)10-18/h2-3,8-10,14-16,21H,4-7,12-13H2,1H3. The highest BCUT2D eigenvalue weighted by Crippen LogP contribution is 2.35. The smallest absolute Gasteiger partial charge is 0.314 e. The van der Waals surface area contributed by atoms with Gasteiger partial charge in [-0.3, -0.25) is 4.79 Å². The highest BCUT2D eigenvalue weighted by Gasteiger charge is 2.34. The van der Waals surface area contributed by atoms with E-state index in [9.17, 15) is 9.18 Å². The Kier molecular flexibility index (Phi) is 6.59. The van der Waals surface area contributed by atoms with Crippen LogP contribution in [-0.2, 0) is 14.3 Å². The molecular formula is C21H24FNO4. The number of hydrogen-bond donors (Lipinski definition) is 0. The first-order valence-corrected chi connectivity index (χ1v) is 9.38. The molecule has 0 spiro atoms. The molecular weight excluding hydrogens is 349 g/mol. The SMILES string of the molecule is CC=CC1COC(C2CCC(C(=O)Oc3ccc(C#N)c(F)c3)CC2)OC1. The monoisotopic (exact) mass is 373 g/mol. The van der Waals surface area contributed by atoms with Crippen molar-refractivity contribution in [3.63, 3.8) is 0 Å². The normalized spacial score (nSPS) is 28.6. The molecule has 144 valence electrons. The Bertz CT molecular complexity index is 726. The van der Waals surface area contributed by atoms with Gasteiger partial charge in [-0.15, -0.1) is 0 Å². The van der Waals surface area contributed by atoms with Crippen molar-refractivity contribution in [2.24, 2.45) is 17.8 Å². The number of allylic oxidation sites excluding steroid dienone is 1. The maximum atomic E-state index is 13.6. The first-order valence-electron chi connectivity index (χ1n) is 9.38. The second-order valence-electron chi connectivity index (χ2n) is 7.11. The summed E-state index contributed by atoms with van der Waals surface area (Å²) in [5.74, 6) is -0.518. The van der Waals surface area contributed by atoms with Gasteiger partial charge in [0.05, 0.1) is 24.7 Å². The number of esters is 1. The minimum absolute atomic E-state index is 0.0699. The van der Waals surface area contributed by atoms with Crippen LogP contribution < -0.4 is 4.74 Å². The fourth-order valence-corrected chi connectivity index (χ4v) is 3.67. The maximum Gasteiger partial charge on any atom is 0.314 e. The minimum atomic E-state index is -0.686. The van der Waals surface area contributed by atoms with Crippen molar-refractivity contribution in [2.75, 3.05) is 13.2 Å². The molecule has 0 bridgehead atoms.